The topological polar surface area (TPSA) is 87.7 Å². The molecule has 2 saturated carbocycles. The third kappa shape index (κ3) is 11.5. The van der Waals surface area contributed by atoms with E-state index in [9.17, 15) is 9.59 Å². The minimum atomic E-state index is -1.13. The fourth-order valence-electron chi connectivity index (χ4n) is 3.51. The van der Waals surface area contributed by atoms with Gasteiger partial charge in [0.25, 0.3) is 0 Å². The van der Waals surface area contributed by atoms with Gasteiger partial charge in [0.2, 0.25) is 0 Å². The molecule has 2 aliphatic carbocycles. The van der Waals surface area contributed by atoms with Gasteiger partial charge in [0.15, 0.2) is 0 Å². The number of ether oxygens (including phenoxy) is 1. The van der Waals surface area contributed by atoms with Gasteiger partial charge in [0.05, 0.1) is 0 Å². The molecule has 0 heterocycles. The molecule has 0 bridgehead atoms. The Labute approximate surface area is 169 Å². The molecule has 0 saturated heterocycles. The number of rotatable bonds is 5. The maximum Gasteiger partial charge on any atom is 0.408 e. The highest BCUT2D eigenvalue weighted by Gasteiger charge is 2.22. The first-order valence-corrected chi connectivity index (χ1v) is 10.9. The molecule has 0 aromatic rings. The van der Waals surface area contributed by atoms with Crippen molar-refractivity contribution in [3.63, 3.8) is 0 Å². The molecule has 7 heteroatoms. The summed E-state index contributed by atoms with van der Waals surface area (Å²) in [4.78, 5) is 21.6. The summed E-state index contributed by atoms with van der Waals surface area (Å²) < 4.78 is 4.87. The highest BCUT2D eigenvalue weighted by molar-refractivity contribution is 7.80. The maximum atomic E-state index is 11.1. The van der Waals surface area contributed by atoms with Gasteiger partial charge >= 0.3 is 12.1 Å². The zero-order valence-corrected chi connectivity index (χ0v) is 18.0. The molecule has 158 valence electrons. The number of aliphatic carboxylic acids is 1. The van der Waals surface area contributed by atoms with Gasteiger partial charge in [-0.1, -0.05) is 38.5 Å². The Kier molecular flexibility index (Phi) is 11.1. The normalized spacial score (nSPS) is 20.1. The van der Waals surface area contributed by atoms with Gasteiger partial charge in [-0.2, -0.15) is 12.6 Å². The average Bonchev–Trinajstić information content (AvgIpc) is 2.60. The standard InChI is InChI=1S/C12H23N.C8H15NO4S/c1-3-7-11(8-4-1)13-12-9-5-2-6-10-12;1-8(2,3)13-7(12)9-5(4-14)6(10)11/h11-13H,1-10H2;5,14H,4H2,1-3H3,(H,9,12)(H,10,11)/t;5-/m.0/s1. The molecule has 2 aliphatic rings. The third-order valence-corrected chi connectivity index (χ3v) is 5.22. The van der Waals surface area contributed by atoms with E-state index in [2.05, 4.69) is 23.3 Å². The number of carboxylic acid groups (broad SMARTS) is 1. The predicted molar refractivity (Wildman–Crippen MR) is 112 cm³/mol. The summed E-state index contributed by atoms with van der Waals surface area (Å²) in [6.07, 6.45) is 13.8. The molecule has 0 aromatic carbocycles. The van der Waals surface area contributed by atoms with Crippen LogP contribution in [0.2, 0.25) is 0 Å². The molecule has 1 atom stereocenters. The quantitative estimate of drug-likeness (QED) is 0.519. The summed E-state index contributed by atoms with van der Waals surface area (Å²) in [5.74, 6) is -1.11. The number of alkyl carbamates (subject to hydrolysis) is 1. The van der Waals surface area contributed by atoms with E-state index in [1.54, 1.807) is 20.8 Å². The molecule has 0 spiro atoms. The SMILES string of the molecule is C1CCC(NC2CCCCC2)CC1.CC(C)(C)OC(=O)N[C@@H](CS)C(=O)O. The lowest BCUT2D eigenvalue weighted by Gasteiger charge is -2.30. The van der Waals surface area contributed by atoms with E-state index in [1.165, 1.54) is 64.2 Å². The molecule has 0 radical (unpaired) electrons. The molecule has 0 aliphatic heterocycles. The Morgan fingerprint density at radius 1 is 1.00 bits per heavy atom. The molecular weight excluding hydrogens is 364 g/mol. The largest absolute Gasteiger partial charge is 0.480 e. The summed E-state index contributed by atoms with van der Waals surface area (Å²) >= 11 is 3.79. The van der Waals surface area contributed by atoms with Crippen LogP contribution >= 0.6 is 12.6 Å². The van der Waals surface area contributed by atoms with Crippen molar-refractivity contribution >= 4 is 24.7 Å². The summed E-state index contributed by atoms with van der Waals surface area (Å²) in [7, 11) is 0. The number of amides is 1. The van der Waals surface area contributed by atoms with E-state index in [0.717, 1.165) is 12.1 Å². The number of carbonyl (C=O) groups is 2. The fourth-order valence-corrected chi connectivity index (χ4v) is 3.75. The summed E-state index contributed by atoms with van der Waals surface area (Å²) in [5.41, 5.74) is -0.635. The molecule has 3 N–H and O–H groups in total. The molecule has 2 rings (SSSR count). The number of hydrogen-bond acceptors (Lipinski definition) is 5. The van der Waals surface area contributed by atoms with Crippen molar-refractivity contribution in [2.75, 3.05) is 5.75 Å². The highest BCUT2D eigenvalue weighted by Crippen LogP contribution is 2.22. The summed E-state index contributed by atoms with van der Waals surface area (Å²) in [5, 5.41) is 14.6. The van der Waals surface area contributed by atoms with Crippen LogP contribution < -0.4 is 10.6 Å². The zero-order chi connectivity index (χ0) is 20.3. The highest BCUT2D eigenvalue weighted by atomic mass is 32.1. The van der Waals surface area contributed by atoms with Gasteiger partial charge in [0, 0.05) is 17.8 Å². The second kappa shape index (κ2) is 12.5. The Morgan fingerprint density at radius 2 is 1.44 bits per heavy atom. The lowest BCUT2D eigenvalue weighted by Crippen LogP contribution is -2.44. The Bertz CT molecular complexity index is 426. The molecule has 2 fully saturated rings. The minimum absolute atomic E-state index is 0.0224. The van der Waals surface area contributed by atoms with Crippen LogP contribution in [0.25, 0.3) is 0 Å². The lowest BCUT2D eigenvalue weighted by atomic mass is 9.91. The molecule has 1 amide bonds. The van der Waals surface area contributed by atoms with Crippen molar-refractivity contribution in [3.8, 4) is 0 Å². The van der Waals surface area contributed by atoms with Crippen LogP contribution in [0.3, 0.4) is 0 Å². The van der Waals surface area contributed by atoms with E-state index in [-0.39, 0.29) is 5.75 Å². The van der Waals surface area contributed by atoms with Crippen LogP contribution in [-0.2, 0) is 9.53 Å². The van der Waals surface area contributed by atoms with Crippen molar-refractivity contribution in [2.24, 2.45) is 0 Å². The van der Waals surface area contributed by atoms with Gasteiger partial charge < -0.3 is 20.5 Å². The third-order valence-electron chi connectivity index (χ3n) is 4.85. The fraction of sp³-hybridized carbons (Fsp3) is 0.900. The van der Waals surface area contributed by atoms with E-state index < -0.39 is 23.7 Å². The summed E-state index contributed by atoms with van der Waals surface area (Å²) in [6, 6.07) is 0.724. The first-order valence-electron chi connectivity index (χ1n) is 10.3. The number of thiol groups is 1. The summed E-state index contributed by atoms with van der Waals surface area (Å²) in [6.45, 7) is 5.09. The minimum Gasteiger partial charge on any atom is -0.480 e. The van der Waals surface area contributed by atoms with Crippen LogP contribution in [0.15, 0.2) is 0 Å². The van der Waals surface area contributed by atoms with Gasteiger partial charge in [-0.3, -0.25) is 0 Å². The van der Waals surface area contributed by atoms with Crippen molar-refractivity contribution in [2.45, 2.75) is 109 Å². The van der Waals surface area contributed by atoms with E-state index in [0.29, 0.717) is 0 Å². The number of hydrogen-bond donors (Lipinski definition) is 4. The predicted octanol–water partition coefficient (Wildman–Crippen LogP) is 4.14. The molecule has 6 nitrogen and oxygen atoms in total. The smallest absolute Gasteiger partial charge is 0.408 e. The number of nitrogens with one attached hydrogen (secondary N) is 2. The van der Waals surface area contributed by atoms with E-state index >= 15 is 0 Å². The van der Waals surface area contributed by atoms with Crippen LogP contribution in [0.5, 0.6) is 0 Å². The Balaban J connectivity index is 0.000000270. The monoisotopic (exact) mass is 402 g/mol. The van der Waals surface area contributed by atoms with Crippen LogP contribution in [0.1, 0.15) is 85.0 Å². The molecule has 27 heavy (non-hydrogen) atoms. The molecule has 0 unspecified atom stereocenters. The first-order chi connectivity index (χ1) is 12.7. The Morgan fingerprint density at radius 3 is 1.78 bits per heavy atom. The zero-order valence-electron chi connectivity index (χ0n) is 17.1. The average molecular weight is 403 g/mol. The van der Waals surface area contributed by atoms with E-state index in [4.69, 9.17) is 9.84 Å². The van der Waals surface area contributed by atoms with Crippen molar-refractivity contribution in [1.29, 1.82) is 0 Å². The second-order valence-electron chi connectivity index (χ2n) is 8.56. The van der Waals surface area contributed by atoms with Gasteiger partial charge in [-0.05, 0) is 46.5 Å². The van der Waals surface area contributed by atoms with Gasteiger partial charge in [-0.25, -0.2) is 9.59 Å². The van der Waals surface area contributed by atoms with E-state index in [1.807, 2.05) is 0 Å². The number of carboxylic acids is 1. The van der Waals surface area contributed by atoms with Gasteiger partial charge in [0.1, 0.15) is 11.6 Å². The second-order valence-corrected chi connectivity index (χ2v) is 8.92. The van der Waals surface area contributed by atoms with Crippen molar-refractivity contribution in [1.82, 2.24) is 10.6 Å². The lowest BCUT2D eigenvalue weighted by molar-refractivity contribution is -0.138. The van der Waals surface area contributed by atoms with Crippen molar-refractivity contribution < 1.29 is 19.4 Å². The van der Waals surface area contributed by atoms with Crippen LogP contribution in [0.4, 0.5) is 4.79 Å². The van der Waals surface area contributed by atoms with Crippen LogP contribution in [0, 0.1) is 0 Å². The maximum absolute atomic E-state index is 11.1. The Hall–Kier alpha value is -0.950. The number of carbonyl (C=O) groups excluding carboxylic acids is 1. The van der Waals surface area contributed by atoms with Crippen molar-refractivity contribution in [3.05, 3.63) is 0 Å². The molecular formula is C20H38N2O4S. The first kappa shape index (κ1) is 24.1. The van der Waals surface area contributed by atoms with Crippen LogP contribution in [-0.4, -0.2) is 46.6 Å². The van der Waals surface area contributed by atoms with Gasteiger partial charge in [-0.15, -0.1) is 0 Å². The molecule has 0 aromatic heterocycles.